The van der Waals surface area contributed by atoms with Gasteiger partial charge in [-0.15, -0.1) is 4.33 Å². The molecular formula is C30H37NO12S4. The monoisotopic (exact) mass is 731 g/mol. The average Bonchev–Trinajstić information content (AvgIpc) is 3.28. The Labute approximate surface area is 279 Å². The molecule has 0 radical (unpaired) electrons. The van der Waals surface area contributed by atoms with Crippen LogP contribution in [-0.2, 0) is 50.6 Å². The Bertz CT molecular complexity index is 1960. The highest BCUT2D eigenvalue weighted by Gasteiger charge is 2.41. The SMILES string of the molecule is CC1(C)C(C=C/C=C2/N(CCCS(=O)(=O)O)c3ccc(S(=O)(=O)O)cc3C2(C)C)=C(CCCS(=O)(=O)O)c2ccc(SOOO)cc21. The van der Waals surface area contributed by atoms with Gasteiger partial charge in [0.1, 0.15) is 0 Å². The van der Waals surface area contributed by atoms with Crippen LogP contribution < -0.4 is 4.90 Å². The van der Waals surface area contributed by atoms with Crippen molar-refractivity contribution in [1.29, 1.82) is 0 Å². The maximum atomic E-state index is 11.9. The summed E-state index contributed by atoms with van der Waals surface area (Å²) < 4.78 is 103. The van der Waals surface area contributed by atoms with E-state index in [9.17, 15) is 38.9 Å². The lowest BCUT2D eigenvalue weighted by Crippen LogP contribution is -2.28. The first kappa shape index (κ1) is 37.2. The van der Waals surface area contributed by atoms with Gasteiger partial charge in [0.15, 0.2) is 0 Å². The molecule has 0 saturated carbocycles. The van der Waals surface area contributed by atoms with Gasteiger partial charge in [-0.05, 0) is 83.5 Å². The van der Waals surface area contributed by atoms with Crippen LogP contribution in [0.3, 0.4) is 0 Å². The average molecular weight is 732 g/mol. The first-order valence-corrected chi connectivity index (χ1v) is 19.8. The molecule has 1 aliphatic heterocycles. The van der Waals surface area contributed by atoms with Crippen molar-refractivity contribution in [2.45, 2.75) is 67.6 Å². The van der Waals surface area contributed by atoms with Gasteiger partial charge in [-0.1, -0.05) is 51.0 Å². The maximum Gasteiger partial charge on any atom is 0.294 e. The molecule has 2 aromatic carbocycles. The number of hydrogen-bond acceptors (Lipinski definition) is 11. The van der Waals surface area contributed by atoms with Gasteiger partial charge in [0.2, 0.25) is 0 Å². The molecule has 0 amide bonds. The fraction of sp³-hybridized carbons (Fsp3) is 0.400. The van der Waals surface area contributed by atoms with Crippen molar-refractivity contribution < 1.29 is 53.5 Å². The van der Waals surface area contributed by atoms with Crippen LogP contribution in [0.15, 0.2) is 75.7 Å². The van der Waals surface area contributed by atoms with E-state index >= 15 is 0 Å². The predicted octanol–water partition coefficient (Wildman–Crippen LogP) is 5.59. The summed E-state index contributed by atoms with van der Waals surface area (Å²) in [5.41, 5.74) is 4.08. The van der Waals surface area contributed by atoms with Gasteiger partial charge in [0.25, 0.3) is 30.4 Å². The smallest absolute Gasteiger partial charge is 0.294 e. The topological polar surface area (TPSA) is 205 Å². The second-order valence-corrected chi connectivity index (χ2v) is 17.7. The Morgan fingerprint density at radius 3 is 2.13 bits per heavy atom. The number of nitrogens with zero attached hydrogens (tertiary/aromatic N) is 1. The van der Waals surface area contributed by atoms with Crippen molar-refractivity contribution in [3.8, 4) is 0 Å². The standard InChI is InChI=1S/C30H37NO12S4/c1-29(2)24(22(8-6-16-45(33,34)35)23-13-11-20(18-25(23)29)44-43-42-32)9-5-10-28-30(3,4)26-19-21(47(39,40)41)12-14-27(26)31(28)15-7-17-46(36,37)38/h5,9-14,18-19,32H,6-8,15-17H2,1-4H3,(H,33,34,35)(H,36,37,38)(H,39,40,41)/b9-5?,28-10+. The lowest BCUT2D eigenvalue weighted by Gasteiger charge is -2.27. The fourth-order valence-electron chi connectivity index (χ4n) is 6.28. The highest BCUT2D eigenvalue weighted by atomic mass is 32.2. The number of allylic oxidation sites excluding steroid dienone is 6. The van der Waals surface area contributed by atoms with Crippen LogP contribution in [0.4, 0.5) is 5.69 Å². The number of hydrogen-bond donors (Lipinski definition) is 4. The van der Waals surface area contributed by atoms with Crippen LogP contribution in [0.25, 0.3) is 5.57 Å². The van der Waals surface area contributed by atoms with Gasteiger partial charge >= 0.3 is 0 Å². The molecule has 4 rings (SSSR count). The quantitative estimate of drug-likeness (QED) is 0.0810. The summed E-state index contributed by atoms with van der Waals surface area (Å²) >= 11 is 0.807. The minimum absolute atomic E-state index is 0.0756. The summed E-state index contributed by atoms with van der Waals surface area (Å²) in [4.78, 5) is 2.21. The lowest BCUT2D eigenvalue weighted by atomic mass is 9.80. The van der Waals surface area contributed by atoms with Crippen molar-refractivity contribution in [3.63, 3.8) is 0 Å². The zero-order chi connectivity index (χ0) is 35.0. The third-order valence-electron chi connectivity index (χ3n) is 8.44. The summed E-state index contributed by atoms with van der Waals surface area (Å²) in [6, 6.07) is 9.71. The third-order valence-corrected chi connectivity index (χ3v) is 11.5. The molecule has 17 heteroatoms. The zero-order valence-electron chi connectivity index (χ0n) is 26.1. The van der Waals surface area contributed by atoms with Crippen molar-refractivity contribution in [2.24, 2.45) is 0 Å². The normalized spacial score (nSPS) is 18.4. The Morgan fingerprint density at radius 2 is 1.51 bits per heavy atom. The van der Waals surface area contributed by atoms with Crippen LogP contribution in [-0.4, -0.2) is 62.2 Å². The number of rotatable bonds is 14. The number of benzene rings is 2. The molecule has 0 aromatic heterocycles. The van der Waals surface area contributed by atoms with E-state index in [1.54, 1.807) is 12.1 Å². The molecule has 2 aromatic rings. The molecule has 47 heavy (non-hydrogen) atoms. The minimum Gasteiger partial charge on any atom is -0.344 e. The van der Waals surface area contributed by atoms with Crippen LogP contribution in [0, 0.1) is 0 Å². The summed E-state index contributed by atoms with van der Waals surface area (Å²) in [6.45, 7) is 7.92. The first-order chi connectivity index (χ1) is 21.7. The molecule has 2 aliphatic rings. The Balaban J connectivity index is 1.79. The molecule has 0 unspecified atom stereocenters. The fourth-order valence-corrected chi connectivity index (χ4v) is 8.19. The van der Waals surface area contributed by atoms with E-state index in [4.69, 9.17) is 5.26 Å². The van der Waals surface area contributed by atoms with E-state index in [-0.39, 0.29) is 24.3 Å². The molecule has 0 bridgehead atoms. The number of anilines is 1. The molecule has 0 atom stereocenters. The molecule has 0 spiro atoms. The number of fused-ring (bicyclic) bond motifs is 2. The Morgan fingerprint density at radius 1 is 0.851 bits per heavy atom. The Kier molecular flexibility index (Phi) is 10.9. The second-order valence-electron chi connectivity index (χ2n) is 12.3. The van der Waals surface area contributed by atoms with Gasteiger partial charge in [0, 0.05) is 33.7 Å². The van der Waals surface area contributed by atoms with Crippen LogP contribution in [0.2, 0.25) is 0 Å². The first-order valence-electron chi connectivity index (χ1n) is 14.4. The summed E-state index contributed by atoms with van der Waals surface area (Å²) in [5.74, 6) is -0.896. The molecule has 0 fully saturated rings. The van der Waals surface area contributed by atoms with Gasteiger partial charge in [0.05, 0.1) is 28.4 Å². The van der Waals surface area contributed by atoms with Crippen molar-refractivity contribution in [2.75, 3.05) is 23.0 Å². The maximum absolute atomic E-state index is 11.9. The third kappa shape index (κ3) is 8.54. The highest BCUT2D eigenvalue weighted by Crippen LogP contribution is 2.51. The molecule has 1 heterocycles. The van der Waals surface area contributed by atoms with E-state index in [0.717, 1.165) is 34.3 Å². The van der Waals surface area contributed by atoms with Gasteiger partial charge < -0.3 is 4.90 Å². The molecule has 0 saturated heterocycles. The van der Waals surface area contributed by atoms with Crippen LogP contribution in [0.5, 0.6) is 0 Å². The minimum atomic E-state index is -4.50. The van der Waals surface area contributed by atoms with Gasteiger partial charge in [-0.2, -0.15) is 25.3 Å². The van der Waals surface area contributed by atoms with Gasteiger partial charge in [-0.3, -0.25) is 13.7 Å². The summed E-state index contributed by atoms with van der Waals surface area (Å²) in [5, 5.41) is 12.3. The predicted molar refractivity (Wildman–Crippen MR) is 178 cm³/mol. The van der Waals surface area contributed by atoms with Gasteiger partial charge in [-0.25, -0.2) is 5.26 Å². The lowest BCUT2D eigenvalue weighted by molar-refractivity contribution is -0.432. The van der Waals surface area contributed by atoms with Crippen molar-refractivity contribution >= 4 is 53.7 Å². The summed E-state index contributed by atoms with van der Waals surface area (Å²) in [7, 11) is -12.9. The van der Waals surface area contributed by atoms with E-state index in [1.807, 2.05) is 63.0 Å². The zero-order valence-corrected chi connectivity index (χ0v) is 29.3. The largest absolute Gasteiger partial charge is 0.344 e. The van der Waals surface area contributed by atoms with E-state index in [1.165, 1.54) is 12.1 Å². The van der Waals surface area contributed by atoms with Crippen molar-refractivity contribution in [3.05, 3.63) is 82.6 Å². The van der Waals surface area contributed by atoms with Crippen molar-refractivity contribution in [1.82, 2.24) is 0 Å². The molecule has 1 aliphatic carbocycles. The molecule has 258 valence electrons. The summed E-state index contributed by atoms with van der Waals surface area (Å²) in [6.07, 6.45) is 6.12. The van der Waals surface area contributed by atoms with E-state index in [2.05, 4.69) is 9.37 Å². The highest BCUT2D eigenvalue weighted by molar-refractivity contribution is 7.94. The van der Waals surface area contributed by atoms with Crippen LogP contribution >= 0.6 is 12.0 Å². The second kappa shape index (κ2) is 13.7. The molecule has 4 N–H and O–H groups in total. The van der Waals surface area contributed by atoms with Crippen LogP contribution in [0.1, 0.15) is 63.6 Å². The van der Waals surface area contributed by atoms with E-state index < -0.39 is 52.7 Å². The van der Waals surface area contributed by atoms with E-state index in [0.29, 0.717) is 28.3 Å². The molecular weight excluding hydrogens is 695 g/mol. The Hall–Kier alpha value is -2.58. The molecule has 13 nitrogen and oxygen atoms in total.